The van der Waals surface area contributed by atoms with Gasteiger partial charge in [-0.05, 0) is 25.2 Å². The van der Waals surface area contributed by atoms with Gasteiger partial charge >= 0.3 is 0 Å². The maximum absolute atomic E-state index is 12.4. The van der Waals surface area contributed by atoms with Crippen LogP contribution in [0.25, 0.3) is 0 Å². The Hall–Kier alpha value is -0.570. The molecule has 0 aromatic rings. The highest BCUT2D eigenvalue weighted by molar-refractivity contribution is 5.84. The molecule has 0 aromatic heterocycles. The second-order valence-corrected chi connectivity index (χ2v) is 5.93. The van der Waals surface area contributed by atoms with Gasteiger partial charge in [0.15, 0.2) is 0 Å². The van der Waals surface area contributed by atoms with Crippen LogP contribution in [0.15, 0.2) is 0 Å². The minimum absolute atomic E-state index is 0.0357. The molecule has 1 fully saturated rings. The first kappa shape index (κ1) is 14.5. The van der Waals surface area contributed by atoms with Crippen molar-refractivity contribution in [3.8, 4) is 0 Å². The monoisotopic (exact) mass is 240 g/mol. The van der Waals surface area contributed by atoms with Crippen LogP contribution in [0.3, 0.4) is 0 Å². The van der Waals surface area contributed by atoms with Crippen LogP contribution < -0.4 is 5.32 Å². The van der Waals surface area contributed by atoms with Crippen LogP contribution in [0.4, 0.5) is 0 Å². The number of hydrogen-bond donors (Lipinski definition) is 1. The van der Waals surface area contributed by atoms with Crippen LogP contribution in [0.1, 0.15) is 54.4 Å². The van der Waals surface area contributed by atoms with Crippen molar-refractivity contribution in [3.63, 3.8) is 0 Å². The maximum atomic E-state index is 12.4. The van der Waals surface area contributed by atoms with E-state index in [4.69, 9.17) is 0 Å². The standard InChI is InChI=1S/C14H28N2O/c1-7-8-12-14(17)16(11(6)9(2)3)13(15-12)10(4)5/h9-13,15H,7-8H2,1-6H3. The van der Waals surface area contributed by atoms with Crippen LogP contribution >= 0.6 is 0 Å². The van der Waals surface area contributed by atoms with E-state index >= 15 is 0 Å². The molecule has 0 bridgehead atoms. The summed E-state index contributed by atoms with van der Waals surface area (Å²) in [6.45, 7) is 13.0. The van der Waals surface area contributed by atoms with Gasteiger partial charge in [-0.1, -0.05) is 41.0 Å². The number of rotatable bonds is 5. The molecule has 3 heteroatoms. The topological polar surface area (TPSA) is 32.3 Å². The molecule has 1 N–H and O–H groups in total. The van der Waals surface area contributed by atoms with Gasteiger partial charge in [0, 0.05) is 6.04 Å². The first-order valence-corrected chi connectivity index (χ1v) is 6.98. The molecule has 1 rings (SSSR count). The van der Waals surface area contributed by atoms with Gasteiger partial charge in [-0.2, -0.15) is 0 Å². The Morgan fingerprint density at radius 1 is 1.24 bits per heavy atom. The zero-order valence-electron chi connectivity index (χ0n) is 12.2. The number of carbonyl (C=O) groups is 1. The fourth-order valence-electron chi connectivity index (χ4n) is 2.46. The molecule has 1 aliphatic heterocycles. The van der Waals surface area contributed by atoms with Gasteiger partial charge in [-0.3, -0.25) is 10.1 Å². The maximum Gasteiger partial charge on any atom is 0.241 e. The Balaban J connectivity index is 2.86. The lowest BCUT2D eigenvalue weighted by Gasteiger charge is -2.34. The van der Waals surface area contributed by atoms with Gasteiger partial charge in [-0.25, -0.2) is 0 Å². The van der Waals surface area contributed by atoms with Crippen molar-refractivity contribution in [2.24, 2.45) is 11.8 Å². The van der Waals surface area contributed by atoms with E-state index in [1.165, 1.54) is 0 Å². The molecule has 17 heavy (non-hydrogen) atoms. The van der Waals surface area contributed by atoms with Crippen LogP contribution in [-0.2, 0) is 4.79 Å². The van der Waals surface area contributed by atoms with Gasteiger partial charge in [0.1, 0.15) is 0 Å². The first-order valence-electron chi connectivity index (χ1n) is 6.98. The third-order valence-electron chi connectivity index (χ3n) is 3.84. The zero-order chi connectivity index (χ0) is 13.2. The smallest absolute Gasteiger partial charge is 0.241 e. The van der Waals surface area contributed by atoms with E-state index < -0.39 is 0 Å². The van der Waals surface area contributed by atoms with E-state index in [0.29, 0.717) is 23.8 Å². The second-order valence-electron chi connectivity index (χ2n) is 5.93. The summed E-state index contributed by atoms with van der Waals surface area (Å²) in [6, 6.07) is 0.345. The van der Waals surface area contributed by atoms with Crippen molar-refractivity contribution >= 4 is 5.91 Å². The van der Waals surface area contributed by atoms with Crippen LogP contribution in [0.5, 0.6) is 0 Å². The van der Waals surface area contributed by atoms with Crippen LogP contribution in [-0.4, -0.2) is 29.1 Å². The molecule has 1 amide bonds. The molecule has 0 aliphatic carbocycles. The number of nitrogens with zero attached hydrogens (tertiary/aromatic N) is 1. The molecule has 0 spiro atoms. The molecule has 0 radical (unpaired) electrons. The molecule has 1 saturated heterocycles. The molecule has 100 valence electrons. The fourth-order valence-corrected chi connectivity index (χ4v) is 2.46. The molecule has 3 atom stereocenters. The van der Waals surface area contributed by atoms with Gasteiger partial charge in [-0.15, -0.1) is 0 Å². The van der Waals surface area contributed by atoms with Gasteiger partial charge < -0.3 is 4.90 Å². The summed E-state index contributed by atoms with van der Waals surface area (Å²) in [4.78, 5) is 14.5. The van der Waals surface area contributed by atoms with E-state index in [1.54, 1.807) is 0 Å². The van der Waals surface area contributed by atoms with E-state index in [-0.39, 0.29) is 12.2 Å². The molecule has 1 aliphatic rings. The van der Waals surface area contributed by atoms with E-state index in [2.05, 4.69) is 51.8 Å². The SMILES string of the molecule is CCCC1NC(C(C)C)N(C(C)C(C)C)C1=O. The summed E-state index contributed by atoms with van der Waals surface area (Å²) in [6.07, 6.45) is 2.21. The third kappa shape index (κ3) is 3.01. The predicted octanol–water partition coefficient (Wildman–Crippen LogP) is 2.61. The highest BCUT2D eigenvalue weighted by Gasteiger charge is 2.42. The minimum atomic E-state index is 0.0357. The van der Waals surface area contributed by atoms with Crippen molar-refractivity contribution in [1.82, 2.24) is 10.2 Å². The summed E-state index contributed by atoms with van der Waals surface area (Å²) >= 11 is 0. The fraction of sp³-hybridized carbons (Fsp3) is 0.929. The Labute approximate surface area is 106 Å². The van der Waals surface area contributed by atoms with Crippen molar-refractivity contribution in [2.45, 2.75) is 72.6 Å². The van der Waals surface area contributed by atoms with Crippen molar-refractivity contribution in [2.75, 3.05) is 0 Å². The van der Waals surface area contributed by atoms with Gasteiger partial charge in [0.2, 0.25) is 5.91 Å². The van der Waals surface area contributed by atoms with Crippen LogP contribution in [0.2, 0.25) is 0 Å². The summed E-state index contributed by atoms with van der Waals surface area (Å²) in [5.41, 5.74) is 0. The molecule has 3 unspecified atom stereocenters. The molecule has 3 nitrogen and oxygen atoms in total. The Bertz CT molecular complexity index is 263. The van der Waals surface area contributed by atoms with Gasteiger partial charge in [0.25, 0.3) is 0 Å². The van der Waals surface area contributed by atoms with Crippen molar-refractivity contribution in [3.05, 3.63) is 0 Å². The van der Waals surface area contributed by atoms with E-state index in [0.717, 1.165) is 12.8 Å². The molecular formula is C14H28N2O. The predicted molar refractivity (Wildman–Crippen MR) is 71.6 cm³/mol. The first-order chi connectivity index (χ1) is 7.90. The largest absolute Gasteiger partial charge is 0.323 e. The average molecular weight is 240 g/mol. The molecule has 0 aromatic carbocycles. The lowest BCUT2D eigenvalue weighted by molar-refractivity contribution is -0.133. The highest BCUT2D eigenvalue weighted by atomic mass is 16.2. The average Bonchev–Trinajstić information content (AvgIpc) is 2.56. The molecule has 0 saturated carbocycles. The summed E-state index contributed by atoms with van der Waals surface area (Å²) in [5.74, 6) is 1.26. The van der Waals surface area contributed by atoms with Crippen LogP contribution in [0, 0.1) is 11.8 Å². The van der Waals surface area contributed by atoms with Crippen molar-refractivity contribution < 1.29 is 4.79 Å². The number of amides is 1. The number of nitrogens with one attached hydrogen (secondary N) is 1. The van der Waals surface area contributed by atoms with Gasteiger partial charge in [0.05, 0.1) is 12.2 Å². The third-order valence-corrected chi connectivity index (χ3v) is 3.84. The van der Waals surface area contributed by atoms with Crippen molar-refractivity contribution in [1.29, 1.82) is 0 Å². The summed E-state index contributed by atoms with van der Waals surface area (Å²) in [7, 11) is 0. The lowest BCUT2D eigenvalue weighted by Crippen LogP contribution is -2.48. The summed E-state index contributed by atoms with van der Waals surface area (Å²) in [5, 5.41) is 3.50. The Morgan fingerprint density at radius 3 is 2.24 bits per heavy atom. The zero-order valence-corrected chi connectivity index (χ0v) is 12.2. The minimum Gasteiger partial charge on any atom is -0.323 e. The van der Waals surface area contributed by atoms with E-state index in [1.807, 2.05) is 0 Å². The second kappa shape index (κ2) is 5.85. The lowest BCUT2D eigenvalue weighted by atomic mass is 10.0. The highest BCUT2D eigenvalue weighted by Crippen LogP contribution is 2.25. The quantitative estimate of drug-likeness (QED) is 0.801. The van der Waals surface area contributed by atoms with E-state index in [9.17, 15) is 4.79 Å². The normalized spacial score (nSPS) is 27.3. The molecular weight excluding hydrogens is 212 g/mol. The molecule has 1 heterocycles. The Morgan fingerprint density at radius 2 is 1.82 bits per heavy atom. The summed E-state index contributed by atoms with van der Waals surface area (Å²) < 4.78 is 0. The Kier molecular flexibility index (Phi) is 4.99. The number of hydrogen-bond acceptors (Lipinski definition) is 2. The number of carbonyl (C=O) groups excluding carboxylic acids is 1.